The summed E-state index contributed by atoms with van der Waals surface area (Å²) >= 11 is 0. The average molecular weight is 212 g/mol. The van der Waals surface area contributed by atoms with Crippen LogP contribution in [0.4, 0.5) is 0 Å². The van der Waals surface area contributed by atoms with E-state index >= 15 is 0 Å². The Labute approximate surface area is 88.7 Å². The van der Waals surface area contributed by atoms with Crippen LogP contribution in [0.5, 0.6) is 0 Å². The van der Waals surface area contributed by atoms with Crippen LogP contribution in [-0.2, 0) is 22.7 Å². The maximum absolute atomic E-state index is 10.2. The summed E-state index contributed by atoms with van der Waals surface area (Å²) in [5.74, 6) is -0.838. The molecule has 0 aliphatic carbocycles. The highest BCUT2D eigenvalue weighted by molar-refractivity contribution is 5.66. The quantitative estimate of drug-likeness (QED) is 0.720. The summed E-state index contributed by atoms with van der Waals surface area (Å²) in [6, 6.07) is 1.95. The second-order valence-electron chi connectivity index (χ2n) is 3.29. The van der Waals surface area contributed by atoms with Crippen LogP contribution in [0.1, 0.15) is 24.7 Å². The third-order valence-corrected chi connectivity index (χ3v) is 2.00. The number of aliphatic carboxylic acids is 1. The molecule has 1 aromatic rings. The molecule has 15 heavy (non-hydrogen) atoms. The number of ether oxygens (including phenoxy) is 1. The lowest BCUT2D eigenvalue weighted by atomic mass is 10.4. The minimum atomic E-state index is -0.838. The van der Waals surface area contributed by atoms with E-state index in [2.05, 4.69) is 5.10 Å². The Hall–Kier alpha value is -1.36. The number of aromatic nitrogens is 2. The van der Waals surface area contributed by atoms with E-state index in [1.165, 1.54) is 0 Å². The van der Waals surface area contributed by atoms with E-state index in [0.717, 1.165) is 17.9 Å². The normalized spacial score (nSPS) is 10.5. The number of carboxylic acids is 1. The Morgan fingerprint density at radius 2 is 2.40 bits per heavy atom. The van der Waals surface area contributed by atoms with Crippen LogP contribution in [0, 0.1) is 6.92 Å². The Morgan fingerprint density at radius 1 is 1.67 bits per heavy atom. The average Bonchev–Trinajstić information content (AvgIpc) is 2.53. The third-order valence-electron chi connectivity index (χ3n) is 2.00. The van der Waals surface area contributed by atoms with Gasteiger partial charge in [0.05, 0.1) is 31.0 Å². The number of hydrogen-bond donors (Lipinski definition) is 1. The third kappa shape index (κ3) is 3.71. The minimum Gasteiger partial charge on any atom is -0.481 e. The van der Waals surface area contributed by atoms with Crippen molar-refractivity contribution in [2.75, 3.05) is 6.61 Å². The molecule has 0 saturated carbocycles. The largest absolute Gasteiger partial charge is 0.481 e. The molecule has 0 atom stereocenters. The minimum absolute atomic E-state index is 0.0409. The Morgan fingerprint density at radius 3 is 3.00 bits per heavy atom. The predicted molar refractivity (Wildman–Crippen MR) is 54.5 cm³/mol. The number of carbonyl (C=O) groups is 1. The first-order valence-corrected chi connectivity index (χ1v) is 4.96. The summed E-state index contributed by atoms with van der Waals surface area (Å²) in [6.45, 7) is 5.39. The predicted octanol–water partition coefficient (Wildman–Crippen LogP) is 1.20. The zero-order valence-electron chi connectivity index (χ0n) is 9.06. The van der Waals surface area contributed by atoms with E-state index in [-0.39, 0.29) is 13.0 Å². The van der Waals surface area contributed by atoms with E-state index in [0.29, 0.717) is 6.61 Å². The van der Waals surface area contributed by atoms with Gasteiger partial charge in [0.2, 0.25) is 0 Å². The van der Waals surface area contributed by atoms with E-state index in [1.807, 2.05) is 24.6 Å². The van der Waals surface area contributed by atoms with Gasteiger partial charge < -0.3 is 9.84 Å². The summed E-state index contributed by atoms with van der Waals surface area (Å²) in [5.41, 5.74) is 1.94. The van der Waals surface area contributed by atoms with Crippen LogP contribution in [0.25, 0.3) is 0 Å². The van der Waals surface area contributed by atoms with Gasteiger partial charge in [-0.15, -0.1) is 0 Å². The van der Waals surface area contributed by atoms with E-state index in [4.69, 9.17) is 9.84 Å². The molecule has 0 bridgehead atoms. The highest BCUT2D eigenvalue weighted by Gasteiger charge is 2.04. The molecule has 0 saturated heterocycles. The molecular formula is C10H16N2O3. The van der Waals surface area contributed by atoms with Crippen molar-refractivity contribution >= 4 is 5.97 Å². The fraction of sp³-hybridized carbons (Fsp3) is 0.600. The fourth-order valence-corrected chi connectivity index (χ4v) is 1.33. The molecular weight excluding hydrogens is 196 g/mol. The maximum Gasteiger partial charge on any atom is 0.305 e. The van der Waals surface area contributed by atoms with Crippen LogP contribution in [0.3, 0.4) is 0 Å². The summed E-state index contributed by atoms with van der Waals surface area (Å²) in [4.78, 5) is 10.2. The van der Waals surface area contributed by atoms with E-state index < -0.39 is 5.97 Å². The molecule has 1 aromatic heterocycles. The number of hydrogen-bond acceptors (Lipinski definition) is 3. The molecule has 5 nitrogen and oxygen atoms in total. The van der Waals surface area contributed by atoms with E-state index in [1.54, 1.807) is 0 Å². The zero-order valence-corrected chi connectivity index (χ0v) is 9.06. The van der Waals surface area contributed by atoms with Crippen molar-refractivity contribution in [1.82, 2.24) is 9.78 Å². The van der Waals surface area contributed by atoms with Crippen molar-refractivity contribution in [3.05, 3.63) is 17.5 Å². The standard InChI is InChI=1S/C10H16N2O3/c1-3-12-9(6-8(2)11-12)7-15-5-4-10(13)14/h6H,3-5,7H2,1-2H3,(H,13,14). The molecule has 0 unspecified atom stereocenters. The summed E-state index contributed by atoms with van der Waals surface area (Å²) < 4.78 is 7.10. The van der Waals surface area contributed by atoms with Gasteiger partial charge in [0.1, 0.15) is 0 Å². The molecule has 0 aliphatic rings. The Balaban J connectivity index is 2.39. The van der Waals surface area contributed by atoms with Gasteiger partial charge in [0.25, 0.3) is 0 Å². The monoisotopic (exact) mass is 212 g/mol. The van der Waals surface area contributed by atoms with Crippen molar-refractivity contribution < 1.29 is 14.6 Å². The van der Waals surface area contributed by atoms with Gasteiger partial charge in [-0.05, 0) is 19.9 Å². The van der Waals surface area contributed by atoms with Crippen molar-refractivity contribution in [2.24, 2.45) is 0 Å². The van der Waals surface area contributed by atoms with Gasteiger partial charge in [0, 0.05) is 6.54 Å². The molecule has 1 rings (SSSR count). The molecule has 0 amide bonds. The second-order valence-corrected chi connectivity index (χ2v) is 3.29. The first kappa shape index (κ1) is 11.7. The summed E-state index contributed by atoms with van der Waals surface area (Å²) in [7, 11) is 0. The van der Waals surface area contributed by atoms with Crippen molar-refractivity contribution in [1.29, 1.82) is 0 Å². The summed E-state index contributed by atoms with van der Waals surface area (Å²) in [5, 5.41) is 12.7. The highest BCUT2D eigenvalue weighted by atomic mass is 16.5. The number of aryl methyl sites for hydroxylation is 2. The number of carboxylic acid groups (broad SMARTS) is 1. The lowest BCUT2D eigenvalue weighted by Gasteiger charge is -2.04. The zero-order chi connectivity index (χ0) is 11.3. The number of nitrogens with zero attached hydrogens (tertiary/aromatic N) is 2. The lowest BCUT2D eigenvalue weighted by Crippen LogP contribution is -2.07. The first-order chi connectivity index (χ1) is 7.13. The second kappa shape index (κ2) is 5.50. The Kier molecular flexibility index (Phi) is 4.30. The van der Waals surface area contributed by atoms with Crippen molar-refractivity contribution in [3.8, 4) is 0 Å². The fourth-order valence-electron chi connectivity index (χ4n) is 1.33. The maximum atomic E-state index is 10.2. The topological polar surface area (TPSA) is 64.4 Å². The van der Waals surface area contributed by atoms with Gasteiger partial charge >= 0.3 is 5.97 Å². The first-order valence-electron chi connectivity index (χ1n) is 4.96. The van der Waals surface area contributed by atoms with Crippen molar-refractivity contribution in [2.45, 2.75) is 33.4 Å². The molecule has 1 heterocycles. The smallest absolute Gasteiger partial charge is 0.305 e. The van der Waals surface area contributed by atoms with Crippen LogP contribution >= 0.6 is 0 Å². The number of rotatable bonds is 6. The SMILES string of the molecule is CCn1nc(C)cc1COCCC(=O)O. The summed E-state index contributed by atoms with van der Waals surface area (Å²) in [6.07, 6.45) is 0.0409. The van der Waals surface area contributed by atoms with E-state index in [9.17, 15) is 4.79 Å². The lowest BCUT2D eigenvalue weighted by molar-refractivity contribution is -0.138. The van der Waals surface area contributed by atoms with Gasteiger partial charge in [-0.3, -0.25) is 9.48 Å². The highest BCUT2D eigenvalue weighted by Crippen LogP contribution is 2.05. The molecule has 0 radical (unpaired) electrons. The molecule has 1 N–H and O–H groups in total. The molecule has 0 aliphatic heterocycles. The molecule has 0 fully saturated rings. The molecule has 0 aromatic carbocycles. The van der Waals surface area contributed by atoms with Crippen LogP contribution in [0.15, 0.2) is 6.07 Å². The van der Waals surface area contributed by atoms with Gasteiger partial charge in [0.15, 0.2) is 0 Å². The van der Waals surface area contributed by atoms with Gasteiger partial charge in [-0.1, -0.05) is 0 Å². The molecule has 0 spiro atoms. The Bertz CT molecular complexity index is 333. The van der Waals surface area contributed by atoms with Gasteiger partial charge in [-0.2, -0.15) is 5.10 Å². The van der Waals surface area contributed by atoms with Crippen LogP contribution in [0.2, 0.25) is 0 Å². The van der Waals surface area contributed by atoms with Gasteiger partial charge in [-0.25, -0.2) is 0 Å². The molecule has 84 valence electrons. The molecule has 5 heteroatoms. The van der Waals surface area contributed by atoms with Crippen LogP contribution < -0.4 is 0 Å². The van der Waals surface area contributed by atoms with Crippen molar-refractivity contribution in [3.63, 3.8) is 0 Å². The van der Waals surface area contributed by atoms with Crippen LogP contribution in [-0.4, -0.2) is 27.5 Å².